The molecule has 1 rings (SSSR count). The van der Waals surface area contributed by atoms with Crippen LogP contribution in [-0.4, -0.2) is 16.2 Å². The Morgan fingerprint density at radius 2 is 2.31 bits per heavy atom. The Hall–Kier alpha value is -1.52. The van der Waals surface area contributed by atoms with Gasteiger partial charge < -0.3 is 15.4 Å². The van der Waals surface area contributed by atoms with Crippen LogP contribution in [0.15, 0.2) is 4.52 Å². The standard InChI is InChI=1S/C8H12N2O3/c1-4(2)8-7(9)5(13-10-8)3-6(11)12/h4H,3,9H2,1-2H3,(H,11,12). The van der Waals surface area contributed by atoms with Crippen molar-refractivity contribution in [3.63, 3.8) is 0 Å². The van der Waals surface area contributed by atoms with Gasteiger partial charge in [0.15, 0.2) is 5.76 Å². The third-order valence-corrected chi connectivity index (χ3v) is 1.69. The van der Waals surface area contributed by atoms with E-state index in [1.165, 1.54) is 0 Å². The third kappa shape index (κ3) is 1.99. The highest BCUT2D eigenvalue weighted by molar-refractivity contribution is 5.71. The topological polar surface area (TPSA) is 89.3 Å². The number of carboxylic acids is 1. The number of carboxylic acid groups (broad SMARTS) is 1. The second-order valence-electron chi connectivity index (χ2n) is 3.13. The summed E-state index contributed by atoms with van der Waals surface area (Å²) in [4.78, 5) is 10.4. The van der Waals surface area contributed by atoms with Crippen LogP contribution >= 0.6 is 0 Å². The summed E-state index contributed by atoms with van der Waals surface area (Å²) in [5, 5.41) is 12.2. The van der Waals surface area contributed by atoms with Crippen molar-refractivity contribution in [2.24, 2.45) is 0 Å². The van der Waals surface area contributed by atoms with Gasteiger partial charge in [-0.1, -0.05) is 19.0 Å². The quantitative estimate of drug-likeness (QED) is 0.731. The molecule has 72 valence electrons. The van der Waals surface area contributed by atoms with E-state index in [4.69, 9.17) is 15.4 Å². The van der Waals surface area contributed by atoms with Crippen molar-refractivity contribution in [3.8, 4) is 0 Å². The van der Waals surface area contributed by atoms with Gasteiger partial charge in [0.2, 0.25) is 0 Å². The highest BCUT2D eigenvalue weighted by Crippen LogP contribution is 2.24. The largest absolute Gasteiger partial charge is 0.481 e. The Morgan fingerprint density at radius 1 is 1.69 bits per heavy atom. The molecular formula is C8H12N2O3. The van der Waals surface area contributed by atoms with Gasteiger partial charge in [-0.3, -0.25) is 4.79 Å². The normalized spacial score (nSPS) is 10.7. The first-order valence-electron chi connectivity index (χ1n) is 3.98. The maximum atomic E-state index is 10.4. The van der Waals surface area contributed by atoms with Gasteiger partial charge in [0.1, 0.15) is 12.1 Å². The summed E-state index contributed by atoms with van der Waals surface area (Å²) in [5.74, 6) is -0.597. The fourth-order valence-corrected chi connectivity index (χ4v) is 1.03. The zero-order valence-electron chi connectivity index (χ0n) is 7.57. The molecule has 0 spiro atoms. The number of nitrogens with two attached hydrogens (primary N) is 1. The van der Waals surface area contributed by atoms with Gasteiger partial charge in [-0.15, -0.1) is 0 Å². The Kier molecular flexibility index (Phi) is 2.55. The lowest BCUT2D eigenvalue weighted by atomic mass is 10.1. The molecule has 0 aliphatic heterocycles. The van der Waals surface area contributed by atoms with Crippen LogP contribution in [0.5, 0.6) is 0 Å². The molecular weight excluding hydrogens is 172 g/mol. The van der Waals surface area contributed by atoms with Gasteiger partial charge in [0, 0.05) is 5.92 Å². The minimum atomic E-state index is -0.974. The van der Waals surface area contributed by atoms with E-state index in [1.807, 2.05) is 13.8 Å². The molecule has 0 bridgehead atoms. The van der Waals surface area contributed by atoms with Crippen LogP contribution in [0.1, 0.15) is 31.2 Å². The fraction of sp³-hybridized carbons (Fsp3) is 0.500. The Labute approximate surface area is 75.5 Å². The van der Waals surface area contributed by atoms with Crippen LogP contribution < -0.4 is 5.73 Å². The molecule has 3 N–H and O–H groups in total. The molecule has 0 aliphatic rings. The monoisotopic (exact) mass is 184 g/mol. The number of aliphatic carboxylic acids is 1. The van der Waals surface area contributed by atoms with E-state index < -0.39 is 5.97 Å². The average molecular weight is 184 g/mol. The molecule has 0 saturated heterocycles. The van der Waals surface area contributed by atoms with Crippen molar-refractivity contribution in [1.29, 1.82) is 0 Å². The number of hydrogen-bond acceptors (Lipinski definition) is 4. The second-order valence-corrected chi connectivity index (χ2v) is 3.13. The van der Waals surface area contributed by atoms with E-state index in [-0.39, 0.29) is 18.1 Å². The molecule has 0 atom stereocenters. The Bertz CT molecular complexity index is 317. The smallest absolute Gasteiger partial charge is 0.311 e. The summed E-state index contributed by atoms with van der Waals surface area (Å²) in [6.45, 7) is 3.83. The minimum absolute atomic E-state index is 0.145. The van der Waals surface area contributed by atoms with Gasteiger partial charge in [0.25, 0.3) is 0 Å². The van der Waals surface area contributed by atoms with E-state index in [0.29, 0.717) is 11.4 Å². The lowest BCUT2D eigenvalue weighted by molar-refractivity contribution is -0.136. The fourth-order valence-electron chi connectivity index (χ4n) is 1.03. The molecule has 0 aliphatic carbocycles. The highest BCUT2D eigenvalue weighted by atomic mass is 16.5. The van der Waals surface area contributed by atoms with Crippen LogP contribution in [0.3, 0.4) is 0 Å². The summed E-state index contributed by atoms with van der Waals surface area (Å²) in [7, 11) is 0. The summed E-state index contributed by atoms with van der Waals surface area (Å²) in [6, 6.07) is 0. The van der Waals surface area contributed by atoms with Gasteiger partial charge in [-0.2, -0.15) is 0 Å². The van der Waals surface area contributed by atoms with Crippen LogP contribution in [-0.2, 0) is 11.2 Å². The molecule has 5 nitrogen and oxygen atoms in total. The number of hydrogen-bond donors (Lipinski definition) is 2. The lowest BCUT2D eigenvalue weighted by Crippen LogP contribution is -2.02. The predicted octanol–water partition coefficient (Wildman–Crippen LogP) is 1.01. The van der Waals surface area contributed by atoms with Crippen molar-refractivity contribution in [3.05, 3.63) is 11.5 Å². The summed E-state index contributed by atoms with van der Waals surface area (Å²) >= 11 is 0. The maximum Gasteiger partial charge on any atom is 0.311 e. The van der Waals surface area contributed by atoms with Crippen LogP contribution in [0.25, 0.3) is 0 Å². The van der Waals surface area contributed by atoms with Crippen LogP contribution in [0.4, 0.5) is 5.69 Å². The molecule has 0 unspecified atom stereocenters. The predicted molar refractivity (Wildman–Crippen MR) is 46.3 cm³/mol. The average Bonchev–Trinajstić information content (AvgIpc) is 2.32. The van der Waals surface area contributed by atoms with E-state index in [1.54, 1.807) is 0 Å². The van der Waals surface area contributed by atoms with Crippen LogP contribution in [0.2, 0.25) is 0 Å². The molecule has 0 saturated carbocycles. The van der Waals surface area contributed by atoms with Crippen LogP contribution in [0, 0.1) is 0 Å². The highest BCUT2D eigenvalue weighted by Gasteiger charge is 2.17. The van der Waals surface area contributed by atoms with Crippen molar-refractivity contribution < 1.29 is 14.4 Å². The SMILES string of the molecule is CC(C)c1noc(CC(=O)O)c1N. The van der Waals surface area contributed by atoms with E-state index in [0.717, 1.165) is 0 Å². The molecule has 5 heteroatoms. The third-order valence-electron chi connectivity index (χ3n) is 1.69. The molecule has 1 aromatic rings. The van der Waals surface area contributed by atoms with Gasteiger partial charge in [0.05, 0.1) is 5.69 Å². The number of aromatic nitrogens is 1. The number of carbonyl (C=O) groups is 1. The van der Waals surface area contributed by atoms with E-state index in [2.05, 4.69) is 5.16 Å². The molecule has 13 heavy (non-hydrogen) atoms. The number of nitrogens with zero attached hydrogens (tertiary/aromatic N) is 1. The Balaban J connectivity index is 2.92. The minimum Gasteiger partial charge on any atom is -0.481 e. The molecule has 1 heterocycles. The van der Waals surface area contributed by atoms with Crippen molar-refractivity contribution in [2.75, 3.05) is 5.73 Å². The van der Waals surface area contributed by atoms with Crippen molar-refractivity contribution in [2.45, 2.75) is 26.2 Å². The summed E-state index contributed by atoms with van der Waals surface area (Å²) in [5.41, 5.74) is 6.61. The summed E-state index contributed by atoms with van der Waals surface area (Å²) < 4.78 is 4.81. The van der Waals surface area contributed by atoms with Crippen molar-refractivity contribution >= 4 is 11.7 Å². The second kappa shape index (κ2) is 3.47. The summed E-state index contributed by atoms with van der Waals surface area (Å²) in [6.07, 6.45) is -0.217. The molecule has 0 aromatic carbocycles. The Morgan fingerprint density at radius 3 is 2.69 bits per heavy atom. The molecule has 0 amide bonds. The van der Waals surface area contributed by atoms with Crippen molar-refractivity contribution in [1.82, 2.24) is 5.16 Å². The first-order chi connectivity index (χ1) is 6.02. The van der Waals surface area contributed by atoms with Gasteiger partial charge >= 0.3 is 5.97 Å². The zero-order valence-corrected chi connectivity index (χ0v) is 7.57. The first-order valence-corrected chi connectivity index (χ1v) is 3.98. The molecule has 0 radical (unpaired) electrons. The van der Waals surface area contributed by atoms with E-state index >= 15 is 0 Å². The zero-order chi connectivity index (χ0) is 10.0. The van der Waals surface area contributed by atoms with E-state index in [9.17, 15) is 4.79 Å². The first kappa shape index (κ1) is 9.57. The van der Waals surface area contributed by atoms with Gasteiger partial charge in [-0.05, 0) is 0 Å². The number of nitrogen functional groups attached to an aromatic ring is 1. The molecule has 1 aromatic heterocycles. The number of anilines is 1. The van der Waals surface area contributed by atoms with Gasteiger partial charge in [-0.25, -0.2) is 0 Å². The lowest BCUT2D eigenvalue weighted by Gasteiger charge is -1.98. The molecule has 0 fully saturated rings. The number of rotatable bonds is 3. The maximum absolute atomic E-state index is 10.4.